The highest BCUT2D eigenvalue weighted by atomic mass is 79.9. The molecule has 1 N–H and O–H groups in total. The first-order valence-corrected chi connectivity index (χ1v) is 7.17. The van der Waals surface area contributed by atoms with Crippen molar-refractivity contribution in [2.24, 2.45) is 0 Å². The Morgan fingerprint density at radius 1 is 1.39 bits per heavy atom. The fraction of sp³-hybridized carbons (Fsp3) is 0.300. The van der Waals surface area contributed by atoms with E-state index in [0.717, 1.165) is 6.07 Å². The summed E-state index contributed by atoms with van der Waals surface area (Å²) in [6.45, 7) is 0.0130. The Labute approximate surface area is 112 Å². The fourth-order valence-corrected chi connectivity index (χ4v) is 3.47. The molecule has 0 amide bonds. The van der Waals surface area contributed by atoms with E-state index >= 15 is 0 Å². The number of nitrogens with one attached hydrogen (secondary N) is 1. The van der Waals surface area contributed by atoms with Crippen LogP contribution in [-0.4, -0.2) is 15.0 Å². The third-order valence-electron chi connectivity index (χ3n) is 1.99. The van der Waals surface area contributed by atoms with Crippen molar-refractivity contribution in [2.45, 2.75) is 17.7 Å². The first-order valence-electron chi connectivity index (χ1n) is 4.89. The highest BCUT2D eigenvalue weighted by Crippen LogP contribution is 2.25. The molecule has 98 valence electrons. The smallest absolute Gasteiger partial charge is 0.211 e. The van der Waals surface area contributed by atoms with E-state index in [9.17, 15) is 17.2 Å². The highest BCUT2D eigenvalue weighted by molar-refractivity contribution is 9.10. The highest BCUT2D eigenvalue weighted by Gasteiger charge is 2.23. The first kappa shape index (κ1) is 15.0. The van der Waals surface area contributed by atoms with Crippen LogP contribution in [0, 0.1) is 23.0 Å². The molecule has 0 heterocycles. The molecule has 0 aliphatic heterocycles. The van der Waals surface area contributed by atoms with Crippen molar-refractivity contribution in [3.63, 3.8) is 0 Å². The molecule has 0 bridgehead atoms. The number of rotatable bonds is 5. The van der Waals surface area contributed by atoms with E-state index < -0.39 is 26.6 Å². The Balaban J connectivity index is 2.96. The van der Waals surface area contributed by atoms with Crippen LogP contribution in [0.1, 0.15) is 12.8 Å². The molecule has 0 aliphatic rings. The zero-order valence-electron chi connectivity index (χ0n) is 9.08. The summed E-state index contributed by atoms with van der Waals surface area (Å²) in [6.07, 6.45) is 0.506. The largest absolute Gasteiger partial charge is 0.244 e. The molecule has 4 nitrogen and oxygen atoms in total. The minimum atomic E-state index is -4.07. The minimum absolute atomic E-state index is 0.0130. The van der Waals surface area contributed by atoms with Crippen LogP contribution in [-0.2, 0) is 10.0 Å². The van der Waals surface area contributed by atoms with Gasteiger partial charge in [-0.25, -0.2) is 21.9 Å². The third kappa shape index (κ3) is 3.73. The second kappa shape index (κ2) is 6.22. The molecular weight excluding hydrogens is 330 g/mol. The molecule has 0 fully saturated rings. The Morgan fingerprint density at radius 2 is 2.06 bits per heavy atom. The number of nitrogens with zero attached hydrogens (tertiary/aromatic N) is 1. The maximum Gasteiger partial charge on any atom is 0.244 e. The molecule has 0 radical (unpaired) electrons. The summed E-state index contributed by atoms with van der Waals surface area (Å²) in [6, 6.07) is 3.22. The minimum Gasteiger partial charge on any atom is -0.211 e. The van der Waals surface area contributed by atoms with Gasteiger partial charge < -0.3 is 0 Å². The number of nitriles is 1. The normalized spacial score (nSPS) is 11.2. The van der Waals surface area contributed by atoms with Gasteiger partial charge in [0.05, 0.1) is 6.07 Å². The van der Waals surface area contributed by atoms with Crippen LogP contribution in [0.4, 0.5) is 8.78 Å². The summed E-state index contributed by atoms with van der Waals surface area (Å²) in [4.78, 5) is -0.638. The van der Waals surface area contributed by atoms with Gasteiger partial charge in [-0.3, -0.25) is 0 Å². The second-order valence-corrected chi connectivity index (χ2v) is 5.92. The van der Waals surface area contributed by atoms with Gasteiger partial charge in [0, 0.05) is 23.5 Å². The van der Waals surface area contributed by atoms with Crippen molar-refractivity contribution in [3.05, 3.63) is 28.2 Å². The van der Waals surface area contributed by atoms with Crippen LogP contribution in [0.3, 0.4) is 0 Å². The molecule has 0 unspecified atom stereocenters. The summed E-state index contributed by atoms with van der Waals surface area (Å²) in [5, 5.41) is 8.30. The average Bonchev–Trinajstić information content (AvgIpc) is 2.22. The number of hydrogen-bond donors (Lipinski definition) is 1. The Kier molecular flexibility index (Phi) is 5.19. The van der Waals surface area contributed by atoms with Crippen LogP contribution in [0.15, 0.2) is 21.5 Å². The van der Waals surface area contributed by atoms with Gasteiger partial charge in [0.2, 0.25) is 10.0 Å². The zero-order chi connectivity index (χ0) is 13.8. The molecular formula is C10H9BrF2N2O2S. The summed E-state index contributed by atoms with van der Waals surface area (Å²) in [5.74, 6) is -2.04. The van der Waals surface area contributed by atoms with Gasteiger partial charge in [-0.15, -0.1) is 0 Å². The fourth-order valence-electron chi connectivity index (χ4n) is 1.23. The summed E-state index contributed by atoms with van der Waals surface area (Å²) >= 11 is 2.80. The maximum atomic E-state index is 13.4. The molecule has 0 aliphatic carbocycles. The first-order chi connectivity index (χ1) is 8.38. The molecule has 18 heavy (non-hydrogen) atoms. The number of sulfonamides is 1. The maximum absolute atomic E-state index is 13.4. The molecule has 1 aromatic carbocycles. The van der Waals surface area contributed by atoms with Gasteiger partial charge in [-0.2, -0.15) is 5.26 Å². The molecule has 8 heteroatoms. The molecule has 0 aromatic heterocycles. The van der Waals surface area contributed by atoms with E-state index in [1.54, 1.807) is 0 Å². The molecule has 1 aromatic rings. The van der Waals surface area contributed by atoms with E-state index in [2.05, 4.69) is 20.7 Å². The van der Waals surface area contributed by atoms with E-state index in [1.165, 1.54) is 0 Å². The monoisotopic (exact) mass is 338 g/mol. The summed E-state index contributed by atoms with van der Waals surface area (Å²) in [5.41, 5.74) is 0. The lowest BCUT2D eigenvalue weighted by molar-refractivity contribution is 0.540. The van der Waals surface area contributed by atoms with Gasteiger partial charge in [-0.1, -0.05) is 0 Å². The Morgan fingerprint density at radius 3 is 2.61 bits per heavy atom. The van der Waals surface area contributed by atoms with E-state index in [0.29, 0.717) is 12.5 Å². The van der Waals surface area contributed by atoms with E-state index in [-0.39, 0.29) is 17.4 Å². The molecule has 0 atom stereocenters. The topological polar surface area (TPSA) is 70.0 Å². The van der Waals surface area contributed by atoms with Gasteiger partial charge in [-0.05, 0) is 28.4 Å². The van der Waals surface area contributed by atoms with Crippen LogP contribution < -0.4 is 4.72 Å². The van der Waals surface area contributed by atoms with Gasteiger partial charge in [0.1, 0.15) is 16.5 Å². The molecule has 0 spiro atoms. The number of halogens is 3. The SMILES string of the molecule is N#CCCCNS(=O)(=O)c1c(F)cc(F)cc1Br. The van der Waals surface area contributed by atoms with Crippen molar-refractivity contribution in [2.75, 3.05) is 6.54 Å². The van der Waals surface area contributed by atoms with E-state index in [1.807, 2.05) is 6.07 Å². The van der Waals surface area contributed by atoms with Crippen LogP contribution >= 0.6 is 15.9 Å². The zero-order valence-corrected chi connectivity index (χ0v) is 11.5. The molecule has 1 rings (SSSR count). The molecule has 0 saturated heterocycles. The predicted octanol–water partition coefficient (Wildman–Crippen LogP) is 2.31. The Hall–Kier alpha value is -1.04. The number of benzene rings is 1. The molecule has 0 saturated carbocycles. The van der Waals surface area contributed by atoms with Crippen molar-refractivity contribution in [1.82, 2.24) is 4.72 Å². The van der Waals surface area contributed by atoms with Gasteiger partial charge in [0.15, 0.2) is 0 Å². The lowest BCUT2D eigenvalue weighted by Gasteiger charge is -2.09. The summed E-state index contributed by atoms with van der Waals surface area (Å²) < 4.78 is 51.7. The third-order valence-corrected chi connectivity index (χ3v) is 4.41. The van der Waals surface area contributed by atoms with Gasteiger partial charge >= 0.3 is 0 Å². The second-order valence-electron chi connectivity index (χ2n) is 3.36. The average molecular weight is 339 g/mol. The van der Waals surface area contributed by atoms with Crippen LogP contribution in [0.5, 0.6) is 0 Å². The van der Waals surface area contributed by atoms with Crippen molar-refractivity contribution >= 4 is 26.0 Å². The van der Waals surface area contributed by atoms with Crippen molar-refractivity contribution < 1.29 is 17.2 Å². The van der Waals surface area contributed by atoms with E-state index in [4.69, 9.17) is 5.26 Å². The van der Waals surface area contributed by atoms with Crippen molar-refractivity contribution in [1.29, 1.82) is 5.26 Å². The van der Waals surface area contributed by atoms with Crippen LogP contribution in [0.2, 0.25) is 0 Å². The standard InChI is InChI=1S/C10H9BrF2N2O2S/c11-8-5-7(12)6-9(13)10(8)18(16,17)15-4-2-1-3-14/h5-6,15H,1-2,4H2. The predicted molar refractivity (Wildman–Crippen MR) is 64.1 cm³/mol. The van der Waals surface area contributed by atoms with Crippen LogP contribution in [0.25, 0.3) is 0 Å². The lowest BCUT2D eigenvalue weighted by atomic mass is 10.3. The number of unbranched alkanes of at least 4 members (excludes halogenated alkanes) is 1. The number of hydrogen-bond acceptors (Lipinski definition) is 3. The van der Waals surface area contributed by atoms with Crippen molar-refractivity contribution in [3.8, 4) is 6.07 Å². The Bertz CT molecular complexity index is 561. The van der Waals surface area contributed by atoms with Gasteiger partial charge in [0.25, 0.3) is 0 Å². The summed E-state index contributed by atoms with van der Waals surface area (Å²) in [7, 11) is -4.07. The lowest BCUT2D eigenvalue weighted by Crippen LogP contribution is -2.26. The quantitative estimate of drug-likeness (QED) is 0.837.